The summed E-state index contributed by atoms with van der Waals surface area (Å²) in [7, 11) is 1.67. The third kappa shape index (κ3) is 3.85. The number of methoxy groups -OCH3 is 1. The van der Waals surface area contributed by atoms with E-state index in [1.807, 2.05) is 41.2 Å². The maximum Gasteiger partial charge on any atom is 0.221 e. The second kappa shape index (κ2) is 7.63. The van der Waals surface area contributed by atoms with Crippen LogP contribution in [0.1, 0.15) is 5.56 Å². The molecule has 0 radical (unpaired) electrons. The van der Waals surface area contributed by atoms with Crippen molar-refractivity contribution >= 4 is 11.8 Å². The van der Waals surface area contributed by atoms with Crippen molar-refractivity contribution in [2.24, 2.45) is 0 Å². The van der Waals surface area contributed by atoms with Crippen LogP contribution < -0.4 is 15.4 Å². The maximum absolute atomic E-state index is 5.69. The minimum absolute atomic E-state index is 0.318. The highest BCUT2D eigenvalue weighted by Crippen LogP contribution is 2.22. The molecule has 140 valence electrons. The third-order valence-electron chi connectivity index (χ3n) is 4.73. The zero-order chi connectivity index (χ0) is 18.6. The molecular weight excluding hydrogens is 342 g/mol. The van der Waals surface area contributed by atoms with Gasteiger partial charge in [-0.1, -0.05) is 12.1 Å². The molecule has 1 aliphatic heterocycles. The normalized spacial score (nSPS) is 15.1. The van der Waals surface area contributed by atoms with Gasteiger partial charge in [0.1, 0.15) is 17.3 Å². The number of hydrogen-bond acceptors (Lipinski definition) is 7. The standard InChI is InChI=1S/C19H23N7O/c1-27-17-5-3-2-4-16(17)26-14-15(12-22-26)13-24-8-10-25(11-9-24)18-6-7-21-19(20)23-18/h2-7,12,14H,8-11,13H2,1H3,(H2,20,21,23). The summed E-state index contributed by atoms with van der Waals surface area (Å²) < 4.78 is 7.29. The molecule has 0 spiro atoms. The fourth-order valence-electron chi connectivity index (χ4n) is 3.33. The van der Waals surface area contributed by atoms with E-state index in [0.29, 0.717) is 5.95 Å². The topological polar surface area (TPSA) is 85.3 Å². The Hall–Kier alpha value is -3.13. The zero-order valence-corrected chi connectivity index (χ0v) is 15.3. The fourth-order valence-corrected chi connectivity index (χ4v) is 3.33. The van der Waals surface area contributed by atoms with Gasteiger partial charge in [-0.2, -0.15) is 10.1 Å². The van der Waals surface area contributed by atoms with Crippen LogP contribution in [-0.4, -0.2) is 57.9 Å². The molecule has 1 saturated heterocycles. The lowest BCUT2D eigenvalue weighted by Gasteiger charge is -2.35. The highest BCUT2D eigenvalue weighted by Gasteiger charge is 2.19. The van der Waals surface area contributed by atoms with Crippen LogP contribution in [0.3, 0.4) is 0 Å². The fraction of sp³-hybridized carbons (Fsp3) is 0.316. The van der Waals surface area contributed by atoms with Crippen LogP contribution in [0.2, 0.25) is 0 Å². The first-order chi connectivity index (χ1) is 13.2. The second-order valence-electron chi connectivity index (χ2n) is 6.50. The predicted octanol–water partition coefficient (Wildman–Crippen LogP) is 1.58. The molecule has 0 saturated carbocycles. The molecule has 1 aromatic carbocycles. The van der Waals surface area contributed by atoms with Crippen LogP contribution >= 0.6 is 0 Å². The van der Waals surface area contributed by atoms with Gasteiger partial charge >= 0.3 is 0 Å². The van der Waals surface area contributed by atoms with Crippen LogP contribution in [0.4, 0.5) is 11.8 Å². The second-order valence-corrected chi connectivity index (χ2v) is 6.50. The van der Waals surface area contributed by atoms with E-state index in [0.717, 1.165) is 50.0 Å². The molecule has 8 heteroatoms. The van der Waals surface area contributed by atoms with Gasteiger partial charge in [0.15, 0.2) is 0 Å². The molecule has 0 aliphatic carbocycles. The molecule has 1 aliphatic rings. The van der Waals surface area contributed by atoms with Crippen LogP contribution in [0.5, 0.6) is 5.75 Å². The number of benzene rings is 1. The van der Waals surface area contributed by atoms with E-state index in [9.17, 15) is 0 Å². The smallest absolute Gasteiger partial charge is 0.221 e. The molecule has 8 nitrogen and oxygen atoms in total. The Morgan fingerprint density at radius 1 is 1.11 bits per heavy atom. The molecule has 1 fully saturated rings. The van der Waals surface area contributed by atoms with E-state index in [1.165, 1.54) is 5.56 Å². The van der Waals surface area contributed by atoms with Gasteiger partial charge < -0.3 is 15.4 Å². The molecule has 0 bridgehead atoms. The summed E-state index contributed by atoms with van der Waals surface area (Å²) in [6.45, 7) is 4.62. The zero-order valence-electron chi connectivity index (χ0n) is 15.3. The number of hydrogen-bond donors (Lipinski definition) is 1. The predicted molar refractivity (Wildman–Crippen MR) is 104 cm³/mol. The highest BCUT2D eigenvalue weighted by molar-refractivity contribution is 5.46. The average Bonchev–Trinajstić information content (AvgIpc) is 3.17. The number of anilines is 2. The summed E-state index contributed by atoms with van der Waals surface area (Å²) in [4.78, 5) is 12.9. The lowest BCUT2D eigenvalue weighted by Crippen LogP contribution is -2.46. The summed E-state index contributed by atoms with van der Waals surface area (Å²) >= 11 is 0. The van der Waals surface area contributed by atoms with E-state index in [1.54, 1.807) is 13.3 Å². The number of nitrogen functional groups attached to an aromatic ring is 1. The number of nitrogens with zero attached hydrogens (tertiary/aromatic N) is 6. The molecule has 2 N–H and O–H groups in total. The number of aromatic nitrogens is 4. The van der Waals surface area contributed by atoms with Gasteiger partial charge in [0, 0.05) is 50.7 Å². The summed E-state index contributed by atoms with van der Waals surface area (Å²) in [6.07, 6.45) is 5.69. The Labute approximate surface area is 158 Å². The molecule has 0 atom stereocenters. The summed E-state index contributed by atoms with van der Waals surface area (Å²) in [5.41, 5.74) is 7.81. The van der Waals surface area contributed by atoms with Gasteiger partial charge in [-0.05, 0) is 18.2 Å². The van der Waals surface area contributed by atoms with Gasteiger partial charge in [0.2, 0.25) is 5.95 Å². The first-order valence-electron chi connectivity index (χ1n) is 8.96. The molecule has 2 aromatic heterocycles. The van der Waals surface area contributed by atoms with Crippen molar-refractivity contribution < 1.29 is 4.74 Å². The monoisotopic (exact) mass is 365 g/mol. The molecule has 3 aromatic rings. The van der Waals surface area contributed by atoms with E-state index < -0.39 is 0 Å². The van der Waals surface area contributed by atoms with E-state index in [-0.39, 0.29) is 0 Å². The van der Waals surface area contributed by atoms with Gasteiger partial charge in [0.05, 0.1) is 13.3 Å². The Bertz CT molecular complexity index is 902. The molecule has 0 amide bonds. The molecule has 27 heavy (non-hydrogen) atoms. The lowest BCUT2D eigenvalue weighted by molar-refractivity contribution is 0.249. The number of ether oxygens (including phenoxy) is 1. The van der Waals surface area contributed by atoms with E-state index in [2.05, 4.69) is 31.1 Å². The highest BCUT2D eigenvalue weighted by atomic mass is 16.5. The number of nitrogens with two attached hydrogens (primary N) is 1. The van der Waals surface area contributed by atoms with Crippen molar-refractivity contribution in [3.8, 4) is 11.4 Å². The number of para-hydroxylation sites is 2. The molecule has 4 rings (SSSR count). The van der Waals surface area contributed by atoms with Crippen molar-refractivity contribution in [2.75, 3.05) is 43.9 Å². The Morgan fingerprint density at radius 2 is 1.93 bits per heavy atom. The molecule has 0 unspecified atom stereocenters. The number of piperazine rings is 1. The van der Waals surface area contributed by atoms with Crippen LogP contribution in [0, 0.1) is 0 Å². The summed E-state index contributed by atoms with van der Waals surface area (Å²) in [5.74, 6) is 2.02. The van der Waals surface area contributed by atoms with Gasteiger partial charge in [-0.3, -0.25) is 4.90 Å². The van der Waals surface area contributed by atoms with Crippen molar-refractivity contribution in [3.63, 3.8) is 0 Å². The first kappa shape index (κ1) is 17.3. The van der Waals surface area contributed by atoms with Gasteiger partial charge in [-0.15, -0.1) is 0 Å². The van der Waals surface area contributed by atoms with Gasteiger partial charge in [0.25, 0.3) is 0 Å². The minimum Gasteiger partial charge on any atom is -0.494 e. The Kier molecular flexibility index (Phi) is 4.88. The van der Waals surface area contributed by atoms with Crippen LogP contribution in [0.15, 0.2) is 48.9 Å². The Balaban J connectivity index is 1.38. The van der Waals surface area contributed by atoms with Crippen LogP contribution in [-0.2, 0) is 6.54 Å². The maximum atomic E-state index is 5.69. The Morgan fingerprint density at radius 3 is 2.70 bits per heavy atom. The van der Waals surface area contributed by atoms with E-state index >= 15 is 0 Å². The average molecular weight is 365 g/mol. The summed E-state index contributed by atoms with van der Waals surface area (Å²) in [5, 5.41) is 4.50. The van der Waals surface area contributed by atoms with Crippen molar-refractivity contribution in [1.29, 1.82) is 0 Å². The van der Waals surface area contributed by atoms with Crippen molar-refractivity contribution in [3.05, 3.63) is 54.5 Å². The molecular formula is C19H23N7O. The van der Waals surface area contributed by atoms with Crippen LogP contribution in [0.25, 0.3) is 5.69 Å². The first-order valence-corrected chi connectivity index (χ1v) is 8.96. The van der Waals surface area contributed by atoms with Gasteiger partial charge in [-0.25, -0.2) is 9.67 Å². The van der Waals surface area contributed by atoms with Crippen molar-refractivity contribution in [1.82, 2.24) is 24.6 Å². The summed E-state index contributed by atoms with van der Waals surface area (Å²) in [6, 6.07) is 9.79. The number of rotatable bonds is 5. The largest absolute Gasteiger partial charge is 0.494 e. The quantitative estimate of drug-likeness (QED) is 0.735. The van der Waals surface area contributed by atoms with Crippen molar-refractivity contribution in [2.45, 2.75) is 6.54 Å². The lowest BCUT2D eigenvalue weighted by atomic mass is 10.2. The van der Waals surface area contributed by atoms with E-state index in [4.69, 9.17) is 10.5 Å². The molecule has 3 heterocycles. The SMILES string of the molecule is COc1ccccc1-n1cc(CN2CCN(c3ccnc(N)n3)CC2)cn1. The third-order valence-corrected chi connectivity index (χ3v) is 4.73. The minimum atomic E-state index is 0.318.